The third-order valence-electron chi connectivity index (χ3n) is 3.52. The number of methoxy groups -OCH3 is 2. The van der Waals surface area contributed by atoms with Crippen LogP contribution in [-0.2, 0) is 14.3 Å². The summed E-state index contributed by atoms with van der Waals surface area (Å²) in [5.74, 6) is -1.86. The molecule has 1 fully saturated rings. The zero-order valence-electron chi connectivity index (χ0n) is 11.3. The smallest absolute Gasteiger partial charge is 0.311 e. The molecule has 1 saturated heterocycles. The van der Waals surface area contributed by atoms with Crippen molar-refractivity contribution in [2.45, 2.75) is 12.3 Å². The summed E-state index contributed by atoms with van der Waals surface area (Å²) in [6.07, 6.45) is 0.0585. The molecule has 2 rings (SSSR count). The molecule has 20 heavy (non-hydrogen) atoms. The van der Waals surface area contributed by atoms with Crippen molar-refractivity contribution in [2.75, 3.05) is 20.8 Å². The minimum absolute atomic E-state index is 0.0585. The SMILES string of the molecule is COC(=O)C1CNC(=O)CC1c1ccc(OC)cc1F. The number of amides is 1. The molecule has 1 N–H and O–H groups in total. The van der Waals surface area contributed by atoms with Crippen LogP contribution < -0.4 is 10.1 Å². The number of carbonyl (C=O) groups excluding carboxylic acids is 2. The van der Waals surface area contributed by atoms with Crippen LogP contribution >= 0.6 is 0 Å². The predicted octanol–water partition coefficient (Wildman–Crippen LogP) is 1.23. The van der Waals surface area contributed by atoms with Gasteiger partial charge in [-0.3, -0.25) is 9.59 Å². The van der Waals surface area contributed by atoms with Crippen molar-refractivity contribution in [3.8, 4) is 5.75 Å². The molecule has 0 aromatic heterocycles. The maximum atomic E-state index is 14.1. The lowest BCUT2D eigenvalue weighted by atomic mass is 9.80. The van der Waals surface area contributed by atoms with E-state index in [1.165, 1.54) is 20.3 Å². The first-order valence-corrected chi connectivity index (χ1v) is 6.24. The Morgan fingerprint density at radius 3 is 2.75 bits per heavy atom. The standard InChI is InChI=1S/C14H16FNO4/c1-19-8-3-4-9(12(15)5-8)10-6-13(17)16-7-11(10)14(18)20-2/h3-5,10-11H,6-7H2,1-2H3,(H,16,17). The lowest BCUT2D eigenvalue weighted by Crippen LogP contribution is -2.43. The van der Waals surface area contributed by atoms with E-state index in [1.54, 1.807) is 12.1 Å². The Morgan fingerprint density at radius 2 is 2.15 bits per heavy atom. The molecule has 5 nitrogen and oxygen atoms in total. The van der Waals surface area contributed by atoms with Gasteiger partial charge in [0.15, 0.2) is 0 Å². The van der Waals surface area contributed by atoms with Crippen molar-refractivity contribution in [1.82, 2.24) is 5.32 Å². The van der Waals surface area contributed by atoms with E-state index >= 15 is 0 Å². The molecule has 0 radical (unpaired) electrons. The highest BCUT2D eigenvalue weighted by atomic mass is 19.1. The van der Waals surface area contributed by atoms with Gasteiger partial charge < -0.3 is 14.8 Å². The zero-order valence-corrected chi connectivity index (χ0v) is 11.3. The highest BCUT2D eigenvalue weighted by molar-refractivity contribution is 5.83. The molecule has 108 valence electrons. The van der Waals surface area contributed by atoms with Gasteiger partial charge in [0.25, 0.3) is 0 Å². The number of benzene rings is 1. The number of carbonyl (C=O) groups is 2. The monoisotopic (exact) mass is 281 g/mol. The van der Waals surface area contributed by atoms with E-state index in [2.05, 4.69) is 5.32 Å². The van der Waals surface area contributed by atoms with Crippen LogP contribution in [0, 0.1) is 11.7 Å². The summed E-state index contributed by atoms with van der Waals surface area (Å²) in [5, 5.41) is 2.60. The second-order valence-corrected chi connectivity index (χ2v) is 4.63. The summed E-state index contributed by atoms with van der Waals surface area (Å²) in [7, 11) is 2.72. The Kier molecular flexibility index (Phi) is 4.22. The van der Waals surface area contributed by atoms with Gasteiger partial charge in [-0.1, -0.05) is 6.07 Å². The van der Waals surface area contributed by atoms with Gasteiger partial charge in [-0.15, -0.1) is 0 Å². The van der Waals surface area contributed by atoms with Crippen LogP contribution in [0.4, 0.5) is 4.39 Å². The number of rotatable bonds is 3. The van der Waals surface area contributed by atoms with Crippen LogP contribution in [-0.4, -0.2) is 32.6 Å². The normalized spacial score (nSPS) is 22.1. The fraction of sp³-hybridized carbons (Fsp3) is 0.429. The maximum absolute atomic E-state index is 14.1. The van der Waals surface area contributed by atoms with Gasteiger partial charge in [0, 0.05) is 24.9 Å². The van der Waals surface area contributed by atoms with Crippen molar-refractivity contribution in [2.24, 2.45) is 5.92 Å². The maximum Gasteiger partial charge on any atom is 0.311 e. The molecule has 1 aromatic carbocycles. The van der Waals surface area contributed by atoms with E-state index in [-0.39, 0.29) is 18.9 Å². The number of halogens is 1. The van der Waals surface area contributed by atoms with Crippen molar-refractivity contribution in [3.05, 3.63) is 29.6 Å². The molecule has 0 spiro atoms. The number of nitrogens with one attached hydrogen (secondary N) is 1. The minimum Gasteiger partial charge on any atom is -0.497 e. The van der Waals surface area contributed by atoms with Gasteiger partial charge in [-0.25, -0.2) is 4.39 Å². The second kappa shape index (κ2) is 5.90. The summed E-state index contributed by atoms with van der Waals surface area (Å²) < 4.78 is 23.8. The Morgan fingerprint density at radius 1 is 1.40 bits per heavy atom. The summed E-state index contributed by atoms with van der Waals surface area (Å²) in [4.78, 5) is 23.3. The lowest BCUT2D eigenvalue weighted by Gasteiger charge is -2.30. The molecule has 0 saturated carbocycles. The van der Waals surface area contributed by atoms with Crippen LogP contribution in [0.1, 0.15) is 17.9 Å². The van der Waals surface area contributed by atoms with Gasteiger partial charge in [-0.05, 0) is 11.6 Å². The molecule has 6 heteroatoms. The average molecular weight is 281 g/mol. The number of hydrogen-bond donors (Lipinski definition) is 1. The number of esters is 1. The first kappa shape index (κ1) is 14.3. The van der Waals surface area contributed by atoms with E-state index in [1.807, 2.05) is 0 Å². The first-order valence-electron chi connectivity index (χ1n) is 6.24. The van der Waals surface area contributed by atoms with Crippen molar-refractivity contribution in [1.29, 1.82) is 0 Å². The predicted molar refractivity (Wildman–Crippen MR) is 68.8 cm³/mol. The molecule has 2 unspecified atom stereocenters. The van der Waals surface area contributed by atoms with Crippen LogP contribution in [0.15, 0.2) is 18.2 Å². The molecule has 2 atom stereocenters. The second-order valence-electron chi connectivity index (χ2n) is 4.63. The lowest BCUT2D eigenvalue weighted by molar-refractivity contribution is -0.147. The highest BCUT2D eigenvalue weighted by Crippen LogP contribution is 2.34. The molecule has 1 aliphatic rings. The fourth-order valence-electron chi connectivity index (χ4n) is 2.44. The number of piperidine rings is 1. The van der Waals surface area contributed by atoms with Gasteiger partial charge in [0.1, 0.15) is 11.6 Å². The van der Waals surface area contributed by atoms with Crippen LogP contribution in [0.3, 0.4) is 0 Å². The quantitative estimate of drug-likeness (QED) is 0.846. The Bertz CT molecular complexity index is 532. The number of hydrogen-bond acceptors (Lipinski definition) is 4. The summed E-state index contributed by atoms with van der Waals surface area (Å²) in [5.41, 5.74) is 0.330. The van der Waals surface area contributed by atoms with Crippen molar-refractivity contribution in [3.63, 3.8) is 0 Å². The molecular weight excluding hydrogens is 265 g/mol. The van der Waals surface area contributed by atoms with E-state index < -0.39 is 23.6 Å². The molecule has 1 aromatic rings. The topological polar surface area (TPSA) is 64.6 Å². The third-order valence-corrected chi connectivity index (χ3v) is 3.52. The minimum atomic E-state index is -0.583. The Balaban J connectivity index is 2.35. The molecule has 1 heterocycles. The van der Waals surface area contributed by atoms with Crippen LogP contribution in [0.25, 0.3) is 0 Å². The highest BCUT2D eigenvalue weighted by Gasteiger charge is 2.37. The Labute approximate surface area is 116 Å². The molecule has 0 aliphatic carbocycles. The van der Waals surface area contributed by atoms with Gasteiger partial charge >= 0.3 is 5.97 Å². The zero-order chi connectivity index (χ0) is 14.7. The van der Waals surface area contributed by atoms with Crippen LogP contribution in [0.2, 0.25) is 0 Å². The van der Waals surface area contributed by atoms with E-state index in [4.69, 9.17) is 9.47 Å². The first-order chi connectivity index (χ1) is 9.56. The molecule has 0 bridgehead atoms. The number of ether oxygens (including phenoxy) is 2. The van der Waals surface area contributed by atoms with Gasteiger partial charge in [0.2, 0.25) is 5.91 Å². The Hall–Kier alpha value is -2.11. The van der Waals surface area contributed by atoms with E-state index in [9.17, 15) is 14.0 Å². The van der Waals surface area contributed by atoms with E-state index in [0.717, 1.165) is 0 Å². The van der Waals surface area contributed by atoms with Crippen LogP contribution in [0.5, 0.6) is 5.75 Å². The van der Waals surface area contributed by atoms with Gasteiger partial charge in [0.05, 0.1) is 20.1 Å². The fourth-order valence-corrected chi connectivity index (χ4v) is 2.44. The summed E-state index contributed by atoms with van der Waals surface area (Å²) >= 11 is 0. The van der Waals surface area contributed by atoms with E-state index in [0.29, 0.717) is 11.3 Å². The average Bonchev–Trinajstić information content (AvgIpc) is 2.46. The summed E-state index contributed by atoms with van der Waals surface area (Å²) in [6.45, 7) is 0.154. The van der Waals surface area contributed by atoms with Crippen molar-refractivity contribution < 1.29 is 23.5 Å². The van der Waals surface area contributed by atoms with Crippen molar-refractivity contribution >= 4 is 11.9 Å². The molecule has 1 amide bonds. The van der Waals surface area contributed by atoms with Gasteiger partial charge in [-0.2, -0.15) is 0 Å². The summed E-state index contributed by atoms with van der Waals surface area (Å²) in [6, 6.07) is 4.41. The third kappa shape index (κ3) is 2.74. The molecular formula is C14H16FNO4. The largest absolute Gasteiger partial charge is 0.497 e. The molecule has 1 aliphatic heterocycles.